The van der Waals surface area contributed by atoms with Crippen molar-refractivity contribution >= 4 is 49.2 Å². The summed E-state index contributed by atoms with van der Waals surface area (Å²) < 4.78 is 2.29. The molecule has 0 aromatic carbocycles. The van der Waals surface area contributed by atoms with E-state index in [1.165, 1.54) is 17.4 Å². The van der Waals surface area contributed by atoms with E-state index in [0.717, 1.165) is 15.0 Å². The van der Waals surface area contributed by atoms with Crippen LogP contribution in [-0.2, 0) is 4.79 Å². The molecular formula is C9H5NOS2. The number of nitrogens with zero attached hydrogens (tertiary/aromatic N) is 1. The Morgan fingerprint density at radius 2 is 2.46 bits per heavy atom. The van der Waals surface area contributed by atoms with Gasteiger partial charge in [-0.2, -0.15) is 4.99 Å². The van der Waals surface area contributed by atoms with Crippen molar-refractivity contribution in [3.05, 3.63) is 23.6 Å². The Labute approximate surface area is 82.9 Å². The van der Waals surface area contributed by atoms with Crippen molar-refractivity contribution in [2.75, 3.05) is 0 Å². The first-order valence-electron chi connectivity index (χ1n) is 3.56. The van der Waals surface area contributed by atoms with Gasteiger partial charge in [-0.15, -0.1) is 22.7 Å². The minimum absolute atomic E-state index is 0.708. The molecule has 2 heterocycles. The number of aliphatic imine (C=N–C) groups is 1. The lowest BCUT2D eigenvalue weighted by molar-refractivity contribution is 0.565. The van der Waals surface area contributed by atoms with Crippen LogP contribution in [0.3, 0.4) is 0 Å². The van der Waals surface area contributed by atoms with E-state index < -0.39 is 0 Å². The molecule has 2 aromatic heterocycles. The van der Waals surface area contributed by atoms with Crippen LogP contribution in [0.25, 0.3) is 15.5 Å². The minimum atomic E-state index is 0.708. The molecule has 0 atom stereocenters. The maximum Gasteiger partial charge on any atom is 0.241 e. The molecule has 2 rings (SSSR count). The second kappa shape index (κ2) is 3.26. The smallest absolute Gasteiger partial charge is 0.211 e. The van der Waals surface area contributed by atoms with Gasteiger partial charge in [0, 0.05) is 15.6 Å². The lowest BCUT2D eigenvalue weighted by Gasteiger charge is -1.80. The van der Waals surface area contributed by atoms with Crippen LogP contribution in [0.2, 0.25) is 0 Å². The molecule has 0 radical (unpaired) electrons. The van der Waals surface area contributed by atoms with E-state index in [-0.39, 0.29) is 0 Å². The summed E-state index contributed by atoms with van der Waals surface area (Å²) in [6, 6.07) is 1.89. The Kier molecular flexibility index (Phi) is 2.10. The Balaban J connectivity index is 2.68. The highest BCUT2D eigenvalue weighted by molar-refractivity contribution is 7.29. The van der Waals surface area contributed by atoms with Crippen molar-refractivity contribution in [2.24, 2.45) is 4.99 Å². The molecule has 0 fully saturated rings. The molecule has 0 spiro atoms. The largest absolute Gasteiger partial charge is 0.241 e. The summed E-state index contributed by atoms with van der Waals surface area (Å²) in [6.07, 6.45) is 3.35. The zero-order chi connectivity index (χ0) is 9.26. The van der Waals surface area contributed by atoms with Gasteiger partial charge in [0.2, 0.25) is 6.08 Å². The average Bonchev–Trinajstić information content (AvgIpc) is 2.63. The molecule has 2 nitrogen and oxygen atoms in total. The van der Waals surface area contributed by atoms with Gasteiger partial charge in [-0.3, -0.25) is 0 Å². The van der Waals surface area contributed by atoms with Gasteiger partial charge in [-0.1, -0.05) is 12.7 Å². The van der Waals surface area contributed by atoms with Crippen LogP contribution >= 0.6 is 22.7 Å². The summed E-state index contributed by atoms with van der Waals surface area (Å²) in [4.78, 5) is 13.6. The average molecular weight is 207 g/mol. The molecule has 0 N–H and O–H groups in total. The van der Waals surface area contributed by atoms with Crippen LogP contribution < -0.4 is 0 Å². The summed E-state index contributed by atoms with van der Waals surface area (Å²) in [6.45, 7) is 3.71. The molecule has 13 heavy (non-hydrogen) atoms. The summed E-state index contributed by atoms with van der Waals surface area (Å²) in [5, 5.41) is 2.75. The summed E-state index contributed by atoms with van der Waals surface area (Å²) in [7, 11) is 0. The number of hydrogen-bond acceptors (Lipinski definition) is 4. The number of isocyanates is 1. The summed E-state index contributed by atoms with van der Waals surface area (Å²) in [5.74, 6) is 0. The number of fused-ring (bicyclic) bond motifs is 1. The van der Waals surface area contributed by atoms with Crippen LogP contribution in [0.4, 0.5) is 5.00 Å². The van der Waals surface area contributed by atoms with Gasteiger partial charge in [0.15, 0.2) is 0 Å². The SMILES string of the molecule is C=Cc1csc2cc(N=C=O)sc12. The van der Waals surface area contributed by atoms with Gasteiger partial charge < -0.3 is 0 Å². The second-order valence-electron chi connectivity index (χ2n) is 2.38. The van der Waals surface area contributed by atoms with Crippen LogP contribution in [0.15, 0.2) is 23.0 Å². The summed E-state index contributed by atoms with van der Waals surface area (Å²) >= 11 is 3.12. The molecule has 0 aliphatic rings. The molecule has 0 unspecified atom stereocenters. The lowest BCUT2D eigenvalue weighted by atomic mass is 10.3. The predicted molar refractivity (Wildman–Crippen MR) is 57.6 cm³/mol. The minimum Gasteiger partial charge on any atom is -0.211 e. The quantitative estimate of drug-likeness (QED) is 0.546. The Bertz CT molecular complexity index is 503. The highest BCUT2D eigenvalue weighted by atomic mass is 32.1. The first-order chi connectivity index (χ1) is 6.35. The molecule has 0 saturated heterocycles. The fourth-order valence-corrected chi connectivity index (χ4v) is 3.25. The van der Waals surface area contributed by atoms with Crippen molar-refractivity contribution < 1.29 is 4.79 Å². The normalized spacial score (nSPS) is 9.85. The van der Waals surface area contributed by atoms with E-state index in [1.54, 1.807) is 11.3 Å². The highest BCUT2D eigenvalue weighted by Crippen LogP contribution is 2.38. The fourth-order valence-electron chi connectivity index (χ4n) is 1.07. The third-order valence-electron chi connectivity index (χ3n) is 1.64. The van der Waals surface area contributed by atoms with E-state index in [1.807, 2.05) is 17.5 Å². The van der Waals surface area contributed by atoms with Gasteiger partial charge in [-0.25, -0.2) is 4.79 Å². The molecule has 4 heteroatoms. The maximum absolute atomic E-state index is 10.0. The predicted octanol–water partition coefficient (Wildman–Crippen LogP) is 3.57. The van der Waals surface area contributed by atoms with E-state index in [0.29, 0.717) is 5.00 Å². The van der Waals surface area contributed by atoms with Crippen LogP contribution in [0.5, 0.6) is 0 Å². The number of carbonyl (C=O) groups excluding carboxylic acids is 1. The molecular weight excluding hydrogens is 202 g/mol. The second-order valence-corrected chi connectivity index (χ2v) is 4.32. The van der Waals surface area contributed by atoms with E-state index in [2.05, 4.69) is 11.6 Å². The molecule has 0 aliphatic heterocycles. The third-order valence-corrected chi connectivity index (χ3v) is 3.79. The standard InChI is InChI=1S/C9H5NOS2/c1-2-6-4-12-7-3-8(10-5-11)13-9(6)7/h2-4H,1H2. The number of rotatable bonds is 2. The van der Waals surface area contributed by atoms with Gasteiger partial charge >= 0.3 is 0 Å². The van der Waals surface area contributed by atoms with Crippen LogP contribution in [0, 0.1) is 0 Å². The molecule has 0 amide bonds. The number of thiophene rings is 2. The van der Waals surface area contributed by atoms with Gasteiger partial charge in [0.05, 0.1) is 4.70 Å². The first-order valence-corrected chi connectivity index (χ1v) is 5.26. The Hall–Kier alpha value is -1.22. The fraction of sp³-hybridized carbons (Fsp3) is 0. The lowest BCUT2D eigenvalue weighted by Crippen LogP contribution is -1.55. The monoisotopic (exact) mass is 207 g/mol. The number of hydrogen-bond donors (Lipinski definition) is 0. The third kappa shape index (κ3) is 1.35. The zero-order valence-electron chi connectivity index (χ0n) is 6.61. The zero-order valence-corrected chi connectivity index (χ0v) is 8.24. The topological polar surface area (TPSA) is 29.4 Å². The van der Waals surface area contributed by atoms with Gasteiger partial charge in [0.1, 0.15) is 5.00 Å². The van der Waals surface area contributed by atoms with Gasteiger partial charge in [-0.05, 0) is 6.07 Å². The van der Waals surface area contributed by atoms with E-state index >= 15 is 0 Å². The maximum atomic E-state index is 10.0. The summed E-state index contributed by atoms with van der Waals surface area (Å²) in [5.41, 5.74) is 1.11. The molecule has 2 aromatic rings. The van der Waals surface area contributed by atoms with Crippen molar-refractivity contribution in [1.29, 1.82) is 0 Å². The van der Waals surface area contributed by atoms with E-state index in [4.69, 9.17) is 0 Å². The first kappa shape index (κ1) is 8.38. The van der Waals surface area contributed by atoms with Crippen molar-refractivity contribution in [2.45, 2.75) is 0 Å². The molecule has 0 aliphatic carbocycles. The van der Waals surface area contributed by atoms with Crippen molar-refractivity contribution in [3.63, 3.8) is 0 Å². The molecule has 0 saturated carbocycles. The Morgan fingerprint density at radius 3 is 3.15 bits per heavy atom. The molecule has 0 bridgehead atoms. The van der Waals surface area contributed by atoms with Crippen molar-refractivity contribution in [1.82, 2.24) is 0 Å². The highest BCUT2D eigenvalue weighted by Gasteiger charge is 2.05. The van der Waals surface area contributed by atoms with Gasteiger partial charge in [0.25, 0.3) is 0 Å². The van der Waals surface area contributed by atoms with Crippen LogP contribution in [-0.4, -0.2) is 6.08 Å². The van der Waals surface area contributed by atoms with Crippen molar-refractivity contribution in [3.8, 4) is 0 Å². The molecule has 64 valence electrons. The van der Waals surface area contributed by atoms with Crippen LogP contribution in [0.1, 0.15) is 5.56 Å². The van der Waals surface area contributed by atoms with E-state index in [9.17, 15) is 4.79 Å². The Morgan fingerprint density at radius 1 is 1.62 bits per heavy atom.